The van der Waals surface area contributed by atoms with Gasteiger partial charge in [0.15, 0.2) is 0 Å². The van der Waals surface area contributed by atoms with Gasteiger partial charge < -0.3 is 10.0 Å². The van der Waals surface area contributed by atoms with Crippen molar-refractivity contribution in [3.05, 3.63) is 47.3 Å². The summed E-state index contributed by atoms with van der Waals surface area (Å²) in [4.78, 5) is 14.4. The third-order valence-electron chi connectivity index (χ3n) is 4.59. The van der Waals surface area contributed by atoms with Gasteiger partial charge in [0.1, 0.15) is 0 Å². The van der Waals surface area contributed by atoms with Gasteiger partial charge in [-0.05, 0) is 38.8 Å². The number of carbonyl (C=O) groups excluding carboxylic acids is 1. The number of benzene rings is 1. The Morgan fingerprint density at radius 2 is 1.87 bits per heavy atom. The van der Waals surface area contributed by atoms with E-state index in [0.29, 0.717) is 32.4 Å². The molecular formula is C18H23N3O2. The fraction of sp³-hybridized carbons (Fsp3) is 0.444. The first kappa shape index (κ1) is 15.7. The highest BCUT2D eigenvalue weighted by Gasteiger charge is 2.23. The predicted molar refractivity (Wildman–Crippen MR) is 88.6 cm³/mol. The van der Waals surface area contributed by atoms with Gasteiger partial charge in [0.25, 0.3) is 0 Å². The molecule has 1 aliphatic rings. The average Bonchev–Trinajstić information content (AvgIpc) is 2.84. The molecule has 5 heteroatoms. The van der Waals surface area contributed by atoms with Crippen molar-refractivity contribution in [2.45, 2.75) is 39.2 Å². The van der Waals surface area contributed by atoms with Gasteiger partial charge >= 0.3 is 0 Å². The summed E-state index contributed by atoms with van der Waals surface area (Å²) in [5.41, 5.74) is 3.92. The number of piperidine rings is 1. The lowest BCUT2D eigenvalue weighted by Gasteiger charge is -2.29. The number of rotatable bonds is 3. The standard InChI is InChI=1S/C18H23N3O2/c1-13-17(12-18(23)20-10-8-16(22)9-11-20)14(2)21(19-13)15-6-4-3-5-7-15/h3-7,16,22H,8-12H2,1-2H3. The fourth-order valence-corrected chi connectivity index (χ4v) is 3.13. The Morgan fingerprint density at radius 3 is 2.52 bits per heavy atom. The third kappa shape index (κ3) is 3.29. The Hall–Kier alpha value is -2.14. The number of aryl methyl sites for hydroxylation is 1. The second-order valence-electron chi connectivity index (χ2n) is 6.19. The fourth-order valence-electron chi connectivity index (χ4n) is 3.13. The molecule has 1 N–H and O–H groups in total. The van der Waals surface area contributed by atoms with E-state index in [0.717, 1.165) is 22.6 Å². The van der Waals surface area contributed by atoms with Crippen LogP contribution in [0.15, 0.2) is 30.3 Å². The Labute approximate surface area is 136 Å². The summed E-state index contributed by atoms with van der Waals surface area (Å²) in [6.07, 6.45) is 1.46. The topological polar surface area (TPSA) is 58.4 Å². The molecular weight excluding hydrogens is 290 g/mol. The summed E-state index contributed by atoms with van der Waals surface area (Å²) in [6, 6.07) is 9.96. The van der Waals surface area contributed by atoms with Crippen molar-refractivity contribution in [1.29, 1.82) is 0 Å². The molecule has 2 heterocycles. The van der Waals surface area contributed by atoms with Crippen LogP contribution >= 0.6 is 0 Å². The number of aliphatic hydroxyl groups is 1. The highest BCUT2D eigenvalue weighted by Crippen LogP contribution is 2.20. The number of hydrogen-bond acceptors (Lipinski definition) is 3. The number of hydrogen-bond donors (Lipinski definition) is 1. The monoisotopic (exact) mass is 313 g/mol. The predicted octanol–water partition coefficient (Wildman–Crippen LogP) is 2.01. The van der Waals surface area contributed by atoms with E-state index in [1.807, 2.05) is 53.8 Å². The van der Waals surface area contributed by atoms with Crippen LogP contribution in [0, 0.1) is 13.8 Å². The molecule has 23 heavy (non-hydrogen) atoms. The van der Waals surface area contributed by atoms with Crippen molar-refractivity contribution in [3.63, 3.8) is 0 Å². The lowest BCUT2D eigenvalue weighted by Crippen LogP contribution is -2.40. The molecule has 0 radical (unpaired) electrons. The molecule has 0 bridgehead atoms. The van der Waals surface area contributed by atoms with Gasteiger partial charge in [0.05, 0.1) is 23.9 Å². The minimum absolute atomic E-state index is 0.121. The van der Waals surface area contributed by atoms with Crippen LogP contribution in [0.4, 0.5) is 0 Å². The molecule has 0 spiro atoms. The number of nitrogens with zero attached hydrogens (tertiary/aromatic N) is 3. The zero-order chi connectivity index (χ0) is 16.4. The van der Waals surface area contributed by atoms with E-state index in [1.54, 1.807) is 0 Å². The number of para-hydroxylation sites is 1. The van der Waals surface area contributed by atoms with E-state index < -0.39 is 0 Å². The van der Waals surface area contributed by atoms with Gasteiger partial charge in [-0.3, -0.25) is 4.79 Å². The quantitative estimate of drug-likeness (QED) is 0.943. The minimum Gasteiger partial charge on any atom is -0.393 e. The van der Waals surface area contributed by atoms with Crippen LogP contribution in [-0.4, -0.2) is 44.9 Å². The van der Waals surface area contributed by atoms with Crippen molar-refractivity contribution in [3.8, 4) is 5.69 Å². The molecule has 1 aromatic heterocycles. The van der Waals surface area contributed by atoms with Crippen molar-refractivity contribution >= 4 is 5.91 Å². The maximum atomic E-state index is 12.5. The van der Waals surface area contributed by atoms with Crippen LogP contribution in [0.1, 0.15) is 29.8 Å². The van der Waals surface area contributed by atoms with Crippen LogP contribution in [-0.2, 0) is 11.2 Å². The Kier molecular flexibility index (Phi) is 4.48. The molecule has 0 unspecified atom stereocenters. The first-order valence-electron chi connectivity index (χ1n) is 8.12. The zero-order valence-corrected chi connectivity index (χ0v) is 13.7. The van der Waals surface area contributed by atoms with Crippen LogP contribution in [0.3, 0.4) is 0 Å². The molecule has 0 aliphatic carbocycles. The van der Waals surface area contributed by atoms with E-state index in [-0.39, 0.29) is 12.0 Å². The van der Waals surface area contributed by atoms with Crippen LogP contribution in [0.2, 0.25) is 0 Å². The van der Waals surface area contributed by atoms with Gasteiger partial charge in [-0.2, -0.15) is 5.10 Å². The smallest absolute Gasteiger partial charge is 0.227 e. The molecule has 1 fully saturated rings. The lowest BCUT2D eigenvalue weighted by molar-refractivity contribution is -0.132. The zero-order valence-electron chi connectivity index (χ0n) is 13.7. The third-order valence-corrected chi connectivity index (χ3v) is 4.59. The average molecular weight is 313 g/mol. The number of aromatic nitrogens is 2. The maximum Gasteiger partial charge on any atom is 0.227 e. The first-order chi connectivity index (χ1) is 11.1. The van der Waals surface area contributed by atoms with E-state index in [1.165, 1.54) is 0 Å². The van der Waals surface area contributed by atoms with E-state index in [4.69, 9.17) is 0 Å². The summed E-state index contributed by atoms with van der Waals surface area (Å²) in [6.45, 7) is 5.25. The molecule has 1 amide bonds. The normalized spacial score (nSPS) is 15.9. The Morgan fingerprint density at radius 1 is 1.22 bits per heavy atom. The van der Waals surface area contributed by atoms with Gasteiger partial charge in [0.2, 0.25) is 5.91 Å². The molecule has 1 aliphatic heterocycles. The minimum atomic E-state index is -0.261. The molecule has 0 atom stereocenters. The van der Waals surface area contributed by atoms with Gasteiger partial charge in [-0.15, -0.1) is 0 Å². The number of carbonyl (C=O) groups is 1. The molecule has 122 valence electrons. The summed E-state index contributed by atoms with van der Waals surface area (Å²) in [5, 5.41) is 14.2. The number of amides is 1. The van der Waals surface area contributed by atoms with E-state index in [9.17, 15) is 9.90 Å². The molecule has 5 nitrogen and oxygen atoms in total. The lowest BCUT2D eigenvalue weighted by atomic mass is 10.1. The van der Waals surface area contributed by atoms with Crippen molar-refractivity contribution < 1.29 is 9.90 Å². The molecule has 2 aromatic rings. The SMILES string of the molecule is Cc1nn(-c2ccccc2)c(C)c1CC(=O)N1CCC(O)CC1. The van der Waals surface area contributed by atoms with Gasteiger partial charge in [-0.25, -0.2) is 4.68 Å². The molecule has 1 saturated heterocycles. The summed E-state index contributed by atoms with van der Waals surface area (Å²) < 4.78 is 1.90. The molecule has 0 saturated carbocycles. The summed E-state index contributed by atoms with van der Waals surface area (Å²) in [7, 11) is 0. The largest absolute Gasteiger partial charge is 0.393 e. The Balaban J connectivity index is 1.78. The number of likely N-dealkylation sites (tertiary alicyclic amines) is 1. The van der Waals surface area contributed by atoms with Crippen LogP contribution in [0.5, 0.6) is 0 Å². The van der Waals surface area contributed by atoms with Crippen molar-refractivity contribution in [2.24, 2.45) is 0 Å². The van der Waals surface area contributed by atoms with Crippen molar-refractivity contribution in [2.75, 3.05) is 13.1 Å². The Bertz CT molecular complexity index is 686. The summed E-state index contributed by atoms with van der Waals surface area (Å²) >= 11 is 0. The second-order valence-corrected chi connectivity index (χ2v) is 6.19. The highest BCUT2D eigenvalue weighted by molar-refractivity contribution is 5.79. The van der Waals surface area contributed by atoms with Crippen molar-refractivity contribution in [1.82, 2.24) is 14.7 Å². The molecule has 3 rings (SSSR count). The second kappa shape index (κ2) is 6.54. The van der Waals surface area contributed by atoms with Crippen LogP contribution < -0.4 is 0 Å². The number of aliphatic hydroxyl groups excluding tert-OH is 1. The van der Waals surface area contributed by atoms with Crippen LogP contribution in [0.25, 0.3) is 5.69 Å². The van der Waals surface area contributed by atoms with Gasteiger partial charge in [0, 0.05) is 24.3 Å². The highest BCUT2D eigenvalue weighted by atomic mass is 16.3. The van der Waals surface area contributed by atoms with E-state index in [2.05, 4.69) is 5.10 Å². The van der Waals surface area contributed by atoms with Gasteiger partial charge in [-0.1, -0.05) is 18.2 Å². The molecule has 1 aromatic carbocycles. The summed E-state index contributed by atoms with van der Waals surface area (Å²) in [5.74, 6) is 0.121. The first-order valence-corrected chi connectivity index (χ1v) is 8.12. The van der Waals surface area contributed by atoms with E-state index >= 15 is 0 Å². The maximum absolute atomic E-state index is 12.5.